The molecule has 7 rings (SSSR count). The fourth-order valence-electron chi connectivity index (χ4n) is 7.37. The molecule has 8 heteroatoms. The number of amides is 2. The van der Waals surface area contributed by atoms with Crippen LogP contribution in [0.1, 0.15) is 60.0 Å². The minimum Gasteiger partial charge on any atom is -0.492 e. The molecule has 0 radical (unpaired) electrons. The highest BCUT2D eigenvalue weighted by Crippen LogP contribution is 2.50. The molecule has 0 N–H and O–H groups in total. The van der Waals surface area contributed by atoms with Crippen LogP contribution in [0.3, 0.4) is 0 Å². The minimum absolute atomic E-state index is 0.0482. The number of carbonyl (C=O) groups is 2. The Labute approximate surface area is 277 Å². The molecule has 3 heterocycles. The molecule has 47 heavy (non-hydrogen) atoms. The van der Waals surface area contributed by atoms with E-state index in [2.05, 4.69) is 44.0 Å². The number of hydrogen-bond acceptors (Lipinski definition) is 6. The first-order chi connectivity index (χ1) is 23.1. The van der Waals surface area contributed by atoms with Crippen molar-refractivity contribution in [1.29, 1.82) is 0 Å². The summed E-state index contributed by atoms with van der Waals surface area (Å²) in [6, 6.07) is 28.0. The van der Waals surface area contributed by atoms with Crippen LogP contribution in [-0.2, 0) is 16.8 Å². The Hall–Kier alpha value is -4.72. The van der Waals surface area contributed by atoms with Crippen molar-refractivity contribution in [2.24, 2.45) is 5.41 Å². The van der Waals surface area contributed by atoms with Crippen LogP contribution in [0.4, 0.5) is 5.82 Å². The van der Waals surface area contributed by atoms with Crippen LogP contribution in [0.5, 0.6) is 5.75 Å². The maximum absolute atomic E-state index is 14.2. The van der Waals surface area contributed by atoms with Crippen molar-refractivity contribution in [3.63, 3.8) is 0 Å². The normalized spacial score (nSPS) is 19.5. The molecule has 2 amide bonds. The zero-order valence-electron chi connectivity index (χ0n) is 27.0. The van der Waals surface area contributed by atoms with Gasteiger partial charge in [0.1, 0.15) is 11.6 Å². The van der Waals surface area contributed by atoms with Gasteiger partial charge in [-0.1, -0.05) is 72.8 Å². The van der Waals surface area contributed by atoms with Crippen molar-refractivity contribution in [2.45, 2.75) is 50.5 Å². The number of piperidine rings is 1. The summed E-state index contributed by atoms with van der Waals surface area (Å²) in [5.74, 6) is 1.66. The Bertz CT molecular complexity index is 1650. The Morgan fingerprint density at radius 1 is 0.766 bits per heavy atom. The number of hydrogen-bond donors (Lipinski definition) is 0. The van der Waals surface area contributed by atoms with Crippen molar-refractivity contribution >= 4 is 17.6 Å². The van der Waals surface area contributed by atoms with E-state index in [4.69, 9.17) is 4.74 Å². The first-order valence-corrected chi connectivity index (χ1v) is 17.0. The Kier molecular flexibility index (Phi) is 8.92. The van der Waals surface area contributed by atoms with Crippen molar-refractivity contribution in [3.8, 4) is 5.75 Å². The smallest absolute Gasteiger partial charge is 0.257 e. The number of carbonyl (C=O) groups excluding carboxylic acids is 2. The van der Waals surface area contributed by atoms with Gasteiger partial charge in [0.2, 0.25) is 5.91 Å². The van der Waals surface area contributed by atoms with Crippen LogP contribution >= 0.6 is 0 Å². The van der Waals surface area contributed by atoms with E-state index in [9.17, 15) is 9.59 Å². The average molecular weight is 630 g/mol. The molecule has 2 aliphatic heterocycles. The van der Waals surface area contributed by atoms with Gasteiger partial charge in [-0.3, -0.25) is 14.6 Å². The summed E-state index contributed by atoms with van der Waals surface area (Å²) in [6.45, 7) is 4.40. The molecule has 1 aliphatic carbocycles. The van der Waals surface area contributed by atoms with Gasteiger partial charge in [-0.25, -0.2) is 4.98 Å². The first kappa shape index (κ1) is 30.9. The van der Waals surface area contributed by atoms with Gasteiger partial charge in [0.05, 0.1) is 23.8 Å². The SMILES string of the molecule is O=C1c2ccccc2OCC2(CCCN(c3cnccn3)CCN1Cc1ccccc1)CCN(C(=O)C1(c3ccccc3)CC1)CC2. The third-order valence-electron chi connectivity index (χ3n) is 10.4. The van der Waals surface area contributed by atoms with Gasteiger partial charge in [-0.05, 0) is 61.8 Å². The van der Waals surface area contributed by atoms with Gasteiger partial charge < -0.3 is 19.4 Å². The Morgan fingerprint density at radius 2 is 1.49 bits per heavy atom. The molecule has 3 aliphatic rings. The van der Waals surface area contributed by atoms with E-state index in [1.165, 1.54) is 0 Å². The van der Waals surface area contributed by atoms with Crippen molar-refractivity contribution in [1.82, 2.24) is 19.8 Å². The van der Waals surface area contributed by atoms with Crippen LogP contribution in [-0.4, -0.2) is 70.9 Å². The summed E-state index contributed by atoms with van der Waals surface area (Å²) in [7, 11) is 0. The highest BCUT2D eigenvalue weighted by molar-refractivity contribution is 5.97. The van der Waals surface area contributed by atoms with E-state index in [0.29, 0.717) is 37.6 Å². The molecule has 1 spiro atoms. The lowest BCUT2D eigenvalue weighted by atomic mass is 9.75. The van der Waals surface area contributed by atoms with Crippen molar-refractivity contribution in [2.75, 3.05) is 44.2 Å². The topological polar surface area (TPSA) is 78.9 Å². The highest BCUT2D eigenvalue weighted by Gasteiger charge is 2.53. The molecule has 2 fully saturated rings. The predicted molar refractivity (Wildman–Crippen MR) is 182 cm³/mol. The second kappa shape index (κ2) is 13.6. The summed E-state index contributed by atoms with van der Waals surface area (Å²) in [4.78, 5) is 43.4. The molecule has 8 nitrogen and oxygen atoms in total. The van der Waals surface area contributed by atoms with Crippen LogP contribution in [0.25, 0.3) is 0 Å². The number of aromatic nitrogens is 2. The minimum atomic E-state index is -0.352. The lowest BCUT2D eigenvalue weighted by Crippen LogP contribution is -2.48. The zero-order chi connectivity index (χ0) is 32.1. The van der Waals surface area contributed by atoms with Crippen LogP contribution in [0.2, 0.25) is 0 Å². The third kappa shape index (κ3) is 6.73. The van der Waals surface area contributed by atoms with Crippen molar-refractivity contribution in [3.05, 3.63) is 120 Å². The fraction of sp³-hybridized carbons (Fsp3) is 0.385. The fourth-order valence-corrected chi connectivity index (χ4v) is 7.37. The highest BCUT2D eigenvalue weighted by atomic mass is 16.5. The largest absolute Gasteiger partial charge is 0.492 e. The monoisotopic (exact) mass is 629 g/mol. The van der Waals surface area contributed by atoms with E-state index in [-0.39, 0.29) is 22.6 Å². The Morgan fingerprint density at radius 3 is 2.21 bits per heavy atom. The summed E-state index contributed by atoms with van der Waals surface area (Å²) >= 11 is 0. The maximum Gasteiger partial charge on any atom is 0.257 e. The molecule has 0 bridgehead atoms. The van der Waals surface area contributed by atoms with E-state index in [0.717, 1.165) is 75.1 Å². The van der Waals surface area contributed by atoms with Crippen LogP contribution in [0, 0.1) is 5.41 Å². The number of benzene rings is 3. The zero-order valence-corrected chi connectivity index (χ0v) is 27.0. The van der Waals surface area contributed by atoms with Gasteiger partial charge in [-0.2, -0.15) is 0 Å². The van der Waals surface area contributed by atoms with Gasteiger partial charge in [0, 0.05) is 57.1 Å². The molecule has 0 unspecified atom stereocenters. The van der Waals surface area contributed by atoms with Crippen LogP contribution < -0.4 is 9.64 Å². The molecular weight excluding hydrogens is 586 g/mol. The number of rotatable bonds is 5. The third-order valence-corrected chi connectivity index (χ3v) is 10.4. The molecule has 1 saturated carbocycles. The summed E-state index contributed by atoms with van der Waals surface area (Å²) < 4.78 is 6.63. The number of para-hydroxylation sites is 1. The molecule has 1 saturated heterocycles. The maximum atomic E-state index is 14.2. The lowest BCUT2D eigenvalue weighted by Gasteiger charge is -2.43. The first-order valence-electron chi connectivity index (χ1n) is 17.0. The number of anilines is 1. The van der Waals surface area contributed by atoms with E-state index >= 15 is 0 Å². The van der Waals surface area contributed by atoms with Gasteiger partial charge in [0.15, 0.2) is 0 Å². The van der Waals surface area contributed by atoms with E-state index < -0.39 is 0 Å². The standard InChI is InChI=1S/C39H43N5O3/c45-36-33-14-7-8-15-34(33)47-30-38(19-24-43(25-20-38)37(46)39(17-18-39)32-12-5-2-6-13-32)16-9-23-42(35-28-40-21-22-41-35)26-27-44(36)29-31-10-3-1-4-11-31/h1-8,10-15,21-22,28H,9,16-20,23-27,29-30H2. The molecule has 3 aromatic carbocycles. The van der Waals surface area contributed by atoms with Crippen LogP contribution in [0.15, 0.2) is 104 Å². The second-order valence-corrected chi connectivity index (χ2v) is 13.4. The summed E-state index contributed by atoms with van der Waals surface area (Å²) in [5, 5.41) is 0. The van der Waals surface area contributed by atoms with Crippen molar-refractivity contribution < 1.29 is 14.3 Å². The lowest BCUT2D eigenvalue weighted by molar-refractivity contribution is -0.136. The molecule has 4 aromatic rings. The summed E-state index contributed by atoms with van der Waals surface area (Å²) in [5.41, 5.74) is 2.34. The van der Waals surface area contributed by atoms with E-state index in [1.54, 1.807) is 18.6 Å². The average Bonchev–Trinajstić information content (AvgIpc) is 3.95. The number of ether oxygens (including phenoxy) is 1. The van der Waals surface area contributed by atoms with Gasteiger partial charge in [-0.15, -0.1) is 0 Å². The Balaban J connectivity index is 1.14. The predicted octanol–water partition coefficient (Wildman–Crippen LogP) is 6.14. The molecule has 1 aromatic heterocycles. The van der Waals surface area contributed by atoms with Gasteiger partial charge >= 0.3 is 0 Å². The molecular formula is C39H43N5O3. The number of fused-ring (bicyclic) bond motifs is 1. The number of likely N-dealkylation sites (tertiary alicyclic amines) is 1. The van der Waals surface area contributed by atoms with E-state index in [1.807, 2.05) is 65.6 Å². The second-order valence-electron chi connectivity index (χ2n) is 13.4. The quantitative estimate of drug-likeness (QED) is 0.264. The summed E-state index contributed by atoms with van der Waals surface area (Å²) in [6.07, 6.45) is 10.7. The molecule has 0 atom stereocenters. The number of nitrogens with zero attached hydrogens (tertiary/aromatic N) is 5. The van der Waals surface area contributed by atoms with Gasteiger partial charge in [0.25, 0.3) is 5.91 Å². The molecule has 242 valence electrons.